The third-order valence-corrected chi connectivity index (χ3v) is 2.75. The Labute approximate surface area is 93.3 Å². The average molecular weight is 206 g/mol. The molecule has 0 fully saturated rings. The molecule has 0 aliphatic carbocycles. The van der Waals surface area contributed by atoms with E-state index in [1.807, 2.05) is 7.05 Å². The molecule has 0 atom stereocenters. The first kappa shape index (κ1) is 12.1. The molecule has 1 aromatic carbocycles. The minimum absolute atomic E-state index is 0.944. The summed E-state index contributed by atoms with van der Waals surface area (Å²) in [7, 11) is 1.98. The van der Waals surface area contributed by atoms with Crippen molar-refractivity contribution in [1.29, 1.82) is 0 Å². The Kier molecular flexibility index (Phi) is 4.63. The van der Waals surface area contributed by atoms with Crippen molar-refractivity contribution in [2.75, 3.05) is 25.0 Å². The van der Waals surface area contributed by atoms with Gasteiger partial charge >= 0.3 is 0 Å². The highest BCUT2D eigenvalue weighted by Gasteiger charge is 2.05. The number of hydrogen-bond donors (Lipinski definition) is 1. The van der Waals surface area contributed by atoms with Crippen LogP contribution in [0.3, 0.4) is 0 Å². The van der Waals surface area contributed by atoms with Crippen LogP contribution in [-0.2, 0) is 6.54 Å². The van der Waals surface area contributed by atoms with E-state index in [1.165, 1.54) is 16.8 Å². The van der Waals surface area contributed by atoms with E-state index in [0.29, 0.717) is 0 Å². The molecule has 0 heterocycles. The number of benzene rings is 1. The predicted molar refractivity (Wildman–Crippen MR) is 67.5 cm³/mol. The van der Waals surface area contributed by atoms with Crippen molar-refractivity contribution in [2.45, 2.75) is 27.3 Å². The van der Waals surface area contributed by atoms with Gasteiger partial charge in [0.15, 0.2) is 0 Å². The third kappa shape index (κ3) is 2.96. The molecular formula is C13H22N2. The molecule has 1 N–H and O–H groups in total. The summed E-state index contributed by atoms with van der Waals surface area (Å²) in [6, 6.07) is 6.70. The summed E-state index contributed by atoms with van der Waals surface area (Å²) in [6.07, 6.45) is 0. The molecule has 0 spiro atoms. The van der Waals surface area contributed by atoms with E-state index in [2.05, 4.69) is 49.2 Å². The fourth-order valence-corrected chi connectivity index (χ4v) is 1.95. The van der Waals surface area contributed by atoms with Crippen LogP contribution in [0.2, 0.25) is 0 Å². The van der Waals surface area contributed by atoms with Gasteiger partial charge < -0.3 is 10.2 Å². The standard InChI is InChI=1S/C13H22N2/c1-5-15(6-2)13-8-7-12(10-14-4)9-11(13)3/h7-9,14H,5-6,10H2,1-4H3. The van der Waals surface area contributed by atoms with Crippen molar-refractivity contribution in [3.8, 4) is 0 Å². The molecular weight excluding hydrogens is 184 g/mol. The Morgan fingerprint density at radius 2 is 1.87 bits per heavy atom. The molecule has 2 nitrogen and oxygen atoms in total. The van der Waals surface area contributed by atoms with Crippen molar-refractivity contribution in [1.82, 2.24) is 5.32 Å². The lowest BCUT2D eigenvalue weighted by atomic mass is 10.1. The average Bonchev–Trinajstić information content (AvgIpc) is 2.23. The number of nitrogens with zero attached hydrogens (tertiary/aromatic N) is 1. The summed E-state index contributed by atoms with van der Waals surface area (Å²) in [6.45, 7) is 9.67. The lowest BCUT2D eigenvalue weighted by molar-refractivity contribution is 0.814. The molecule has 1 rings (SSSR count). The van der Waals surface area contributed by atoms with Gasteiger partial charge in [0.25, 0.3) is 0 Å². The number of nitrogens with one attached hydrogen (secondary N) is 1. The monoisotopic (exact) mass is 206 g/mol. The van der Waals surface area contributed by atoms with Gasteiger partial charge in [0.2, 0.25) is 0 Å². The second-order valence-corrected chi connectivity index (χ2v) is 3.82. The molecule has 1 aromatic rings. The van der Waals surface area contributed by atoms with Crippen LogP contribution in [0.4, 0.5) is 5.69 Å². The van der Waals surface area contributed by atoms with Gasteiger partial charge in [0, 0.05) is 25.3 Å². The molecule has 0 aliphatic heterocycles. The Balaban J connectivity index is 2.91. The predicted octanol–water partition coefficient (Wildman–Crippen LogP) is 2.56. The van der Waals surface area contributed by atoms with Crippen LogP contribution >= 0.6 is 0 Å². The highest BCUT2D eigenvalue weighted by atomic mass is 15.1. The maximum absolute atomic E-state index is 3.17. The molecule has 0 saturated carbocycles. The van der Waals surface area contributed by atoms with Gasteiger partial charge in [-0.25, -0.2) is 0 Å². The van der Waals surface area contributed by atoms with Crippen molar-refractivity contribution in [3.63, 3.8) is 0 Å². The number of anilines is 1. The molecule has 0 bridgehead atoms. The van der Waals surface area contributed by atoms with E-state index in [0.717, 1.165) is 19.6 Å². The largest absolute Gasteiger partial charge is 0.372 e. The minimum Gasteiger partial charge on any atom is -0.372 e. The molecule has 0 saturated heterocycles. The van der Waals surface area contributed by atoms with Gasteiger partial charge in [0.1, 0.15) is 0 Å². The Morgan fingerprint density at radius 3 is 2.33 bits per heavy atom. The summed E-state index contributed by atoms with van der Waals surface area (Å²) in [5.41, 5.74) is 4.08. The SMILES string of the molecule is CCN(CC)c1ccc(CNC)cc1C. The minimum atomic E-state index is 0.944. The van der Waals surface area contributed by atoms with Crippen molar-refractivity contribution < 1.29 is 0 Å². The van der Waals surface area contributed by atoms with E-state index in [4.69, 9.17) is 0 Å². The van der Waals surface area contributed by atoms with Crippen molar-refractivity contribution in [3.05, 3.63) is 29.3 Å². The van der Waals surface area contributed by atoms with Crippen molar-refractivity contribution >= 4 is 5.69 Å². The van der Waals surface area contributed by atoms with Gasteiger partial charge in [-0.1, -0.05) is 12.1 Å². The summed E-state index contributed by atoms with van der Waals surface area (Å²) in [5, 5.41) is 3.17. The molecule has 15 heavy (non-hydrogen) atoms. The van der Waals surface area contributed by atoms with E-state index in [1.54, 1.807) is 0 Å². The fourth-order valence-electron chi connectivity index (χ4n) is 1.95. The summed E-state index contributed by atoms with van der Waals surface area (Å²) in [5.74, 6) is 0. The first-order valence-electron chi connectivity index (χ1n) is 5.72. The summed E-state index contributed by atoms with van der Waals surface area (Å²) in [4.78, 5) is 2.39. The fraction of sp³-hybridized carbons (Fsp3) is 0.538. The first-order chi connectivity index (χ1) is 7.22. The lowest BCUT2D eigenvalue weighted by Crippen LogP contribution is -2.22. The number of hydrogen-bond acceptors (Lipinski definition) is 2. The van der Waals surface area contributed by atoms with Gasteiger partial charge in [-0.2, -0.15) is 0 Å². The third-order valence-electron chi connectivity index (χ3n) is 2.75. The second-order valence-electron chi connectivity index (χ2n) is 3.82. The van der Waals surface area contributed by atoms with Crippen LogP contribution in [-0.4, -0.2) is 20.1 Å². The zero-order valence-corrected chi connectivity index (χ0v) is 10.3. The zero-order valence-electron chi connectivity index (χ0n) is 10.3. The van der Waals surface area contributed by atoms with Crippen LogP contribution in [0.25, 0.3) is 0 Å². The summed E-state index contributed by atoms with van der Waals surface area (Å²) < 4.78 is 0. The highest BCUT2D eigenvalue weighted by Crippen LogP contribution is 2.20. The summed E-state index contributed by atoms with van der Waals surface area (Å²) >= 11 is 0. The van der Waals surface area contributed by atoms with Crippen LogP contribution in [0.1, 0.15) is 25.0 Å². The molecule has 2 heteroatoms. The molecule has 84 valence electrons. The van der Waals surface area contributed by atoms with E-state index in [9.17, 15) is 0 Å². The van der Waals surface area contributed by atoms with E-state index in [-0.39, 0.29) is 0 Å². The molecule has 0 unspecified atom stereocenters. The Morgan fingerprint density at radius 1 is 1.20 bits per heavy atom. The van der Waals surface area contributed by atoms with Gasteiger partial charge in [-0.15, -0.1) is 0 Å². The van der Waals surface area contributed by atoms with Gasteiger partial charge in [-0.05, 0) is 45.0 Å². The van der Waals surface area contributed by atoms with Gasteiger partial charge in [-0.3, -0.25) is 0 Å². The lowest BCUT2D eigenvalue weighted by Gasteiger charge is -2.23. The first-order valence-corrected chi connectivity index (χ1v) is 5.72. The molecule has 0 amide bonds. The smallest absolute Gasteiger partial charge is 0.0395 e. The van der Waals surface area contributed by atoms with Crippen LogP contribution in [0.5, 0.6) is 0 Å². The van der Waals surface area contributed by atoms with Crippen LogP contribution in [0.15, 0.2) is 18.2 Å². The molecule has 0 aromatic heterocycles. The topological polar surface area (TPSA) is 15.3 Å². The Bertz CT molecular complexity index is 303. The second kappa shape index (κ2) is 5.76. The van der Waals surface area contributed by atoms with E-state index >= 15 is 0 Å². The zero-order chi connectivity index (χ0) is 11.3. The molecule has 0 radical (unpaired) electrons. The van der Waals surface area contributed by atoms with Crippen LogP contribution < -0.4 is 10.2 Å². The number of rotatable bonds is 5. The van der Waals surface area contributed by atoms with Crippen molar-refractivity contribution in [2.24, 2.45) is 0 Å². The van der Waals surface area contributed by atoms with Crippen LogP contribution in [0, 0.1) is 6.92 Å². The maximum atomic E-state index is 3.17. The highest BCUT2D eigenvalue weighted by molar-refractivity contribution is 5.54. The number of aryl methyl sites for hydroxylation is 1. The van der Waals surface area contributed by atoms with Gasteiger partial charge in [0.05, 0.1) is 0 Å². The molecule has 0 aliphatic rings. The normalized spacial score (nSPS) is 10.4. The van der Waals surface area contributed by atoms with E-state index < -0.39 is 0 Å². The Hall–Kier alpha value is -1.02. The maximum Gasteiger partial charge on any atom is 0.0395 e. The quantitative estimate of drug-likeness (QED) is 0.796.